The first-order valence-corrected chi connectivity index (χ1v) is 10.4. The van der Waals surface area contributed by atoms with Gasteiger partial charge < -0.3 is 10.7 Å². The van der Waals surface area contributed by atoms with Crippen molar-refractivity contribution >= 4 is 10.9 Å². The number of para-hydroxylation sites is 1. The smallest absolute Gasteiger partial charge is 0.131 e. The van der Waals surface area contributed by atoms with Crippen molar-refractivity contribution in [3.63, 3.8) is 0 Å². The molecule has 30 heavy (non-hydrogen) atoms. The van der Waals surface area contributed by atoms with Gasteiger partial charge in [0.2, 0.25) is 0 Å². The van der Waals surface area contributed by atoms with Crippen LogP contribution in [0.5, 0.6) is 0 Å². The first-order valence-electron chi connectivity index (χ1n) is 10.4. The summed E-state index contributed by atoms with van der Waals surface area (Å²) >= 11 is 0. The second-order valence-corrected chi connectivity index (χ2v) is 9.10. The number of nitrogens with one attached hydrogen (secondary N) is 1. The molecule has 6 heteroatoms. The van der Waals surface area contributed by atoms with E-state index in [4.69, 9.17) is 5.73 Å². The number of aromatic nitrogens is 1. The average Bonchev–Trinajstić information content (AvgIpc) is 3.00. The van der Waals surface area contributed by atoms with Gasteiger partial charge in [0.1, 0.15) is 17.3 Å². The lowest BCUT2D eigenvalue weighted by atomic mass is 9.86. The second kappa shape index (κ2) is 7.43. The third-order valence-corrected chi connectivity index (χ3v) is 5.98. The van der Waals surface area contributed by atoms with Crippen molar-refractivity contribution in [2.45, 2.75) is 57.9 Å². The van der Waals surface area contributed by atoms with Crippen LogP contribution in [0.1, 0.15) is 62.2 Å². The molecule has 1 aliphatic heterocycles. The van der Waals surface area contributed by atoms with Crippen LogP contribution in [0, 0.1) is 11.6 Å². The highest BCUT2D eigenvalue weighted by atomic mass is 19.1. The van der Waals surface area contributed by atoms with Crippen LogP contribution >= 0.6 is 0 Å². The number of halogens is 3. The van der Waals surface area contributed by atoms with E-state index in [0.717, 1.165) is 22.2 Å². The number of benzene rings is 2. The molecule has 3 N–H and O–H groups in total. The molecule has 0 aliphatic carbocycles. The number of alkyl halides is 1. The molecular weight excluding hydrogens is 387 g/mol. The van der Waals surface area contributed by atoms with E-state index in [1.807, 2.05) is 36.1 Å². The van der Waals surface area contributed by atoms with Crippen molar-refractivity contribution in [2.24, 2.45) is 5.73 Å². The molecule has 0 radical (unpaired) electrons. The molecule has 0 bridgehead atoms. The summed E-state index contributed by atoms with van der Waals surface area (Å²) in [7, 11) is 0. The van der Waals surface area contributed by atoms with Crippen LogP contribution < -0.4 is 5.73 Å². The first-order chi connectivity index (χ1) is 14.1. The molecular formula is C24H28F3N3. The molecule has 0 saturated carbocycles. The highest BCUT2D eigenvalue weighted by molar-refractivity contribution is 5.85. The third kappa shape index (κ3) is 3.63. The van der Waals surface area contributed by atoms with Gasteiger partial charge in [-0.15, -0.1) is 0 Å². The van der Waals surface area contributed by atoms with E-state index < -0.39 is 29.4 Å². The summed E-state index contributed by atoms with van der Waals surface area (Å²) in [6, 6.07) is 9.08. The molecule has 0 saturated heterocycles. The van der Waals surface area contributed by atoms with Gasteiger partial charge in [0.15, 0.2) is 0 Å². The highest BCUT2D eigenvalue weighted by Crippen LogP contribution is 2.43. The molecule has 1 aromatic heterocycles. The molecule has 2 aromatic carbocycles. The molecule has 3 atom stereocenters. The molecule has 3 aromatic rings. The van der Waals surface area contributed by atoms with E-state index in [1.54, 1.807) is 6.92 Å². The molecule has 1 aliphatic rings. The van der Waals surface area contributed by atoms with Crippen LogP contribution in [0.3, 0.4) is 0 Å². The molecule has 0 amide bonds. The van der Waals surface area contributed by atoms with E-state index in [0.29, 0.717) is 12.0 Å². The standard InChI is InChI=1S/C24H28F3N3/c1-13-9-17-16-7-5-6-8-20(16)29-22(17)23(30(13)12-24(3,4)27)21-18(25)10-15(14(2)28)11-19(21)26/h5-8,10-11,13-14,23,29H,9,12,28H2,1-4H3/t13-,14?,23-/m1/s1. The average molecular weight is 416 g/mol. The molecule has 0 fully saturated rings. The molecule has 0 spiro atoms. The summed E-state index contributed by atoms with van der Waals surface area (Å²) in [6.45, 7) is 6.70. The van der Waals surface area contributed by atoms with Crippen molar-refractivity contribution in [1.29, 1.82) is 0 Å². The van der Waals surface area contributed by atoms with Crippen molar-refractivity contribution < 1.29 is 13.2 Å². The zero-order valence-corrected chi connectivity index (χ0v) is 17.8. The van der Waals surface area contributed by atoms with Gasteiger partial charge in [-0.1, -0.05) is 18.2 Å². The van der Waals surface area contributed by atoms with Crippen molar-refractivity contribution in [1.82, 2.24) is 9.88 Å². The summed E-state index contributed by atoms with van der Waals surface area (Å²) in [4.78, 5) is 5.24. The Morgan fingerprint density at radius 2 is 1.83 bits per heavy atom. The van der Waals surface area contributed by atoms with E-state index in [1.165, 1.54) is 26.0 Å². The van der Waals surface area contributed by atoms with Gasteiger partial charge in [0, 0.05) is 40.8 Å². The van der Waals surface area contributed by atoms with Gasteiger partial charge in [0.05, 0.1) is 6.04 Å². The Hall–Kier alpha value is -2.31. The lowest BCUT2D eigenvalue weighted by Crippen LogP contribution is -2.48. The number of fused-ring (bicyclic) bond motifs is 3. The minimum Gasteiger partial charge on any atom is -0.357 e. The van der Waals surface area contributed by atoms with Gasteiger partial charge in [0.25, 0.3) is 0 Å². The Morgan fingerprint density at radius 3 is 2.43 bits per heavy atom. The predicted octanol–water partition coefficient (Wildman–Crippen LogP) is 5.55. The highest BCUT2D eigenvalue weighted by Gasteiger charge is 2.40. The maximum Gasteiger partial charge on any atom is 0.131 e. The Kier molecular flexibility index (Phi) is 5.19. The van der Waals surface area contributed by atoms with Crippen LogP contribution in [0.4, 0.5) is 13.2 Å². The zero-order chi connectivity index (χ0) is 21.8. The van der Waals surface area contributed by atoms with E-state index >= 15 is 8.78 Å². The van der Waals surface area contributed by atoms with Gasteiger partial charge in [-0.3, -0.25) is 4.90 Å². The van der Waals surface area contributed by atoms with Gasteiger partial charge in [-0.25, -0.2) is 13.2 Å². The van der Waals surface area contributed by atoms with Crippen LogP contribution in [0.25, 0.3) is 10.9 Å². The minimum absolute atomic E-state index is 0.0571. The number of hydrogen-bond donors (Lipinski definition) is 2. The van der Waals surface area contributed by atoms with Crippen LogP contribution in [-0.4, -0.2) is 28.1 Å². The number of rotatable bonds is 4. The fourth-order valence-corrected chi connectivity index (χ4v) is 4.63. The summed E-state index contributed by atoms with van der Waals surface area (Å²) in [5.74, 6) is -1.32. The molecule has 1 unspecified atom stereocenters. The van der Waals surface area contributed by atoms with Gasteiger partial charge in [-0.05, 0) is 63.4 Å². The van der Waals surface area contributed by atoms with Crippen LogP contribution in [-0.2, 0) is 6.42 Å². The fourth-order valence-electron chi connectivity index (χ4n) is 4.63. The fraction of sp³-hybridized carbons (Fsp3) is 0.417. The summed E-state index contributed by atoms with van der Waals surface area (Å²) in [5, 5.41) is 1.04. The zero-order valence-electron chi connectivity index (χ0n) is 17.8. The Bertz CT molecular complexity index is 1060. The van der Waals surface area contributed by atoms with Crippen molar-refractivity contribution in [2.75, 3.05) is 6.54 Å². The van der Waals surface area contributed by atoms with Crippen LogP contribution in [0.2, 0.25) is 0 Å². The SMILES string of the molecule is CC(N)c1cc(F)c([C@@H]2c3[nH]c4ccccc4c3C[C@@H](C)N2CC(C)(C)F)c(F)c1. The Labute approximate surface area is 175 Å². The maximum absolute atomic E-state index is 15.3. The van der Waals surface area contributed by atoms with E-state index in [-0.39, 0.29) is 18.2 Å². The summed E-state index contributed by atoms with van der Waals surface area (Å²) < 4.78 is 45.3. The number of nitrogens with zero attached hydrogens (tertiary/aromatic N) is 1. The number of H-pyrrole nitrogens is 1. The van der Waals surface area contributed by atoms with E-state index in [9.17, 15) is 4.39 Å². The normalized spacial score (nSPS) is 21.1. The van der Waals surface area contributed by atoms with Gasteiger partial charge >= 0.3 is 0 Å². The predicted molar refractivity (Wildman–Crippen MR) is 114 cm³/mol. The minimum atomic E-state index is -1.52. The topological polar surface area (TPSA) is 45.1 Å². The number of aromatic amines is 1. The van der Waals surface area contributed by atoms with E-state index in [2.05, 4.69) is 4.98 Å². The van der Waals surface area contributed by atoms with Crippen LogP contribution in [0.15, 0.2) is 36.4 Å². The Morgan fingerprint density at radius 1 is 1.20 bits per heavy atom. The summed E-state index contributed by atoms with van der Waals surface area (Å²) in [5.41, 5.74) is 7.32. The maximum atomic E-state index is 15.3. The lowest BCUT2D eigenvalue weighted by molar-refractivity contribution is 0.0642. The number of nitrogens with two attached hydrogens (primary N) is 1. The Balaban J connectivity index is 1.96. The van der Waals surface area contributed by atoms with Gasteiger partial charge in [-0.2, -0.15) is 0 Å². The number of hydrogen-bond acceptors (Lipinski definition) is 2. The molecule has 160 valence electrons. The molecule has 3 nitrogen and oxygen atoms in total. The molecule has 4 rings (SSSR count). The first kappa shape index (κ1) is 20.9. The van der Waals surface area contributed by atoms with Crippen molar-refractivity contribution in [3.05, 3.63) is 70.4 Å². The van der Waals surface area contributed by atoms with Crippen molar-refractivity contribution in [3.8, 4) is 0 Å². The molecule has 2 heterocycles. The quantitative estimate of drug-likeness (QED) is 0.587. The lowest BCUT2D eigenvalue weighted by Gasteiger charge is -2.43. The second-order valence-electron chi connectivity index (χ2n) is 9.10. The third-order valence-electron chi connectivity index (χ3n) is 5.98. The summed E-state index contributed by atoms with van der Waals surface area (Å²) in [6.07, 6.45) is 0.674. The monoisotopic (exact) mass is 415 g/mol. The largest absolute Gasteiger partial charge is 0.357 e.